The average molecular weight is 453 g/mol. The highest BCUT2D eigenvalue weighted by atomic mass is 16.5. The van der Waals surface area contributed by atoms with Crippen molar-refractivity contribution in [1.82, 2.24) is 10.3 Å². The smallest absolute Gasteiger partial charge is 0.303 e. The number of aryl methyl sites for hydroxylation is 1. The third-order valence-electron chi connectivity index (χ3n) is 7.59. The summed E-state index contributed by atoms with van der Waals surface area (Å²) < 4.78 is 12.1. The molecule has 33 heavy (non-hydrogen) atoms. The predicted molar refractivity (Wildman–Crippen MR) is 121 cm³/mol. The number of aliphatic carboxylic acids is 1. The molecule has 2 saturated heterocycles. The largest absolute Gasteiger partial charge is 0.481 e. The molecule has 2 N–H and O–H groups in total. The first-order valence-corrected chi connectivity index (χ1v) is 12.3. The van der Waals surface area contributed by atoms with Crippen LogP contribution in [0.5, 0.6) is 0 Å². The number of rotatable bonds is 8. The first-order chi connectivity index (χ1) is 16.1. The van der Waals surface area contributed by atoms with Crippen LogP contribution in [-0.4, -0.2) is 40.2 Å². The number of oxazole rings is 1. The van der Waals surface area contributed by atoms with Crippen LogP contribution in [0.1, 0.15) is 84.8 Å². The van der Waals surface area contributed by atoms with Gasteiger partial charge in [-0.15, -0.1) is 0 Å². The number of fused-ring (bicyclic) bond motifs is 2. The lowest BCUT2D eigenvalue weighted by Crippen LogP contribution is -2.36. The summed E-state index contributed by atoms with van der Waals surface area (Å²) in [6, 6.07) is 8.29. The molecule has 0 radical (unpaired) electrons. The fraction of sp³-hybridized carbons (Fsp3) is 0.577. The molecule has 3 aliphatic rings. The molecule has 1 aromatic carbocycles. The van der Waals surface area contributed by atoms with Gasteiger partial charge in [-0.3, -0.25) is 9.59 Å². The highest BCUT2D eigenvalue weighted by Crippen LogP contribution is 2.50. The van der Waals surface area contributed by atoms with E-state index in [1.165, 1.54) is 12.7 Å². The van der Waals surface area contributed by atoms with Crippen LogP contribution in [-0.2, 0) is 22.4 Å². The first-order valence-electron chi connectivity index (χ1n) is 12.3. The van der Waals surface area contributed by atoms with E-state index in [2.05, 4.69) is 16.4 Å². The van der Waals surface area contributed by atoms with E-state index in [0.717, 1.165) is 56.1 Å². The van der Waals surface area contributed by atoms with Crippen molar-refractivity contribution in [1.29, 1.82) is 0 Å². The van der Waals surface area contributed by atoms with E-state index in [9.17, 15) is 9.59 Å². The van der Waals surface area contributed by atoms with Crippen molar-refractivity contribution in [3.05, 3.63) is 53.2 Å². The van der Waals surface area contributed by atoms with E-state index < -0.39 is 5.97 Å². The number of amides is 1. The number of ether oxygens (including phenoxy) is 1. The second kappa shape index (κ2) is 9.67. The Balaban J connectivity index is 1.31. The molecule has 3 heterocycles. The lowest BCUT2D eigenvalue weighted by molar-refractivity contribution is -0.136. The molecular formula is C26H32N2O5. The Morgan fingerprint density at radius 2 is 1.79 bits per heavy atom. The summed E-state index contributed by atoms with van der Waals surface area (Å²) in [5, 5.41) is 12.2. The molecule has 5 rings (SSSR count). The fourth-order valence-corrected chi connectivity index (χ4v) is 5.92. The van der Waals surface area contributed by atoms with Crippen LogP contribution in [0.3, 0.4) is 0 Å². The molecule has 7 nitrogen and oxygen atoms in total. The van der Waals surface area contributed by atoms with Crippen molar-refractivity contribution < 1.29 is 23.8 Å². The van der Waals surface area contributed by atoms with E-state index in [1.807, 2.05) is 18.2 Å². The maximum atomic E-state index is 12.7. The maximum absolute atomic E-state index is 12.7. The fourth-order valence-electron chi connectivity index (χ4n) is 5.92. The molecule has 4 atom stereocenters. The van der Waals surface area contributed by atoms with Gasteiger partial charge in [-0.25, -0.2) is 4.98 Å². The second-order valence-electron chi connectivity index (χ2n) is 9.73. The lowest BCUT2D eigenvalue weighted by Gasteiger charge is -2.26. The molecule has 2 bridgehead atoms. The van der Waals surface area contributed by atoms with Crippen molar-refractivity contribution in [2.45, 2.75) is 88.4 Å². The van der Waals surface area contributed by atoms with Crippen molar-refractivity contribution in [3.63, 3.8) is 0 Å². The Kier molecular flexibility index (Phi) is 6.49. The van der Waals surface area contributed by atoms with Crippen molar-refractivity contribution >= 4 is 11.9 Å². The van der Waals surface area contributed by atoms with E-state index >= 15 is 0 Å². The normalized spacial score (nSPS) is 27.0. The van der Waals surface area contributed by atoms with E-state index in [-0.39, 0.29) is 42.4 Å². The third-order valence-corrected chi connectivity index (χ3v) is 7.59. The van der Waals surface area contributed by atoms with Gasteiger partial charge in [-0.2, -0.15) is 0 Å². The summed E-state index contributed by atoms with van der Waals surface area (Å²) in [6.07, 6.45) is 10.7. The minimum atomic E-state index is -0.787. The molecule has 0 spiro atoms. The number of benzene rings is 1. The first kappa shape index (κ1) is 22.1. The van der Waals surface area contributed by atoms with Gasteiger partial charge in [0.25, 0.3) is 5.91 Å². The maximum Gasteiger partial charge on any atom is 0.303 e. The molecule has 1 amide bonds. The van der Waals surface area contributed by atoms with Gasteiger partial charge in [0.2, 0.25) is 5.89 Å². The highest BCUT2D eigenvalue weighted by Gasteiger charge is 2.51. The van der Waals surface area contributed by atoms with Crippen LogP contribution in [0.15, 0.2) is 34.9 Å². The molecule has 1 aromatic heterocycles. The molecule has 2 aliphatic heterocycles. The Morgan fingerprint density at radius 3 is 2.58 bits per heavy atom. The van der Waals surface area contributed by atoms with Gasteiger partial charge in [0.05, 0.1) is 18.1 Å². The summed E-state index contributed by atoms with van der Waals surface area (Å²) in [5.74, 6) is -0.152. The van der Waals surface area contributed by atoms with Gasteiger partial charge in [0, 0.05) is 18.4 Å². The monoisotopic (exact) mass is 452 g/mol. The van der Waals surface area contributed by atoms with Crippen LogP contribution in [0.2, 0.25) is 0 Å². The number of carbonyl (C=O) groups excluding carboxylic acids is 1. The van der Waals surface area contributed by atoms with Gasteiger partial charge in [-0.1, -0.05) is 43.5 Å². The molecule has 2 aromatic rings. The summed E-state index contributed by atoms with van der Waals surface area (Å²) in [4.78, 5) is 28.4. The number of carbonyl (C=O) groups is 2. The molecular weight excluding hydrogens is 420 g/mol. The van der Waals surface area contributed by atoms with Crippen molar-refractivity contribution in [2.75, 3.05) is 0 Å². The quantitative estimate of drug-likeness (QED) is 0.621. The van der Waals surface area contributed by atoms with Crippen molar-refractivity contribution in [3.8, 4) is 0 Å². The summed E-state index contributed by atoms with van der Waals surface area (Å²) in [5.41, 5.74) is 2.58. The number of nitrogens with one attached hydrogen (secondary N) is 1. The van der Waals surface area contributed by atoms with E-state index in [4.69, 9.17) is 14.3 Å². The van der Waals surface area contributed by atoms with Crippen LogP contribution < -0.4 is 5.32 Å². The standard InChI is InChI=1S/C26H32N2O5/c29-23(30)13-10-16-6-4-5-7-17(16)14-19-21-11-12-22(33-21)24(19)26-28-20(15-32-26)25(31)27-18-8-2-1-3-9-18/h4-7,15,18-19,21-22,24H,1-3,8-14H2,(H,27,31)(H,29,30)/t19-,21+,22-,24+/m1/s1. The SMILES string of the molecule is O=C(O)CCc1ccccc1C[C@H]1[C@H](c2nc(C(=O)NC3CCCCC3)co2)[C@H]2CC[C@@H]1O2. The van der Waals surface area contributed by atoms with E-state index in [0.29, 0.717) is 18.0 Å². The van der Waals surface area contributed by atoms with Gasteiger partial charge >= 0.3 is 5.97 Å². The molecule has 3 fully saturated rings. The molecule has 176 valence electrons. The lowest BCUT2D eigenvalue weighted by atomic mass is 9.75. The Hall–Kier alpha value is -2.67. The number of hydrogen-bond acceptors (Lipinski definition) is 5. The van der Waals surface area contributed by atoms with Gasteiger partial charge in [0.1, 0.15) is 6.26 Å². The Bertz CT molecular complexity index is 996. The summed E-state index contributed by atoms with van der Waals surface area (Å²) in [6.45, 7) is 0. The van der Waals surface area contributed by atoms with Gasteiger partial charge < -0.3 is 19.6 Å². The summed E-state index contributed by atoms with van der Waals surface area (Å²) >= 11 is 0. The topological polar surface area (TPSA) is 102 Å². The molecule has 7 heteroatoms. The molecule has 1 saturated carbocycles. The Labute approximate surface area is 193 Å². The Morgan fingerprint density at radius 1 is 1.03 bits per heavy atom. The van der Waals surface area contributed by atoms with Gasteiger partial charge in [-0.05, 0) is 49.7 Å². The van der Waals surface area contributed by atoms with Gasteiger partial charge in [0.15, 0.2) is 5.69 Å². The number of carboxylic acid groups (broad SMARTS) is 1. The second-order valence-corrected chi connectivity index (χ2v) is 9.73. The van der Waals surface area contributed by atoms with Crippen LogP contribution in [0.25, 0.3) is 0 Å². The third kappa shape index (κ3) is 4.83. The average Bonchev–Trinajstić information content (AvgIpc) is 3.56. The van der Waals surface area contributed by atoms with Crippen molar-refractivity contribution in [2.24, 2.45) is 5.92 Å². The number of nitrogens with zero attached hydrogens (tertiary/aromatic N) is 1. The van der Waals surface area contributed by atoms with Crippen LogP contribution >= 0.6 is 0 Å². The van der Waals surface area contributed by atoms with Crippen LogP contribution in [0.4, 0.5) is 0 Å². The minimum absolute atomic E-state index is 0.00695. The number of hydrogen-bond donors (Lipinski definition) is 2. The molecule has 1 aliphatic carbocycles. The van der Waals surface area contributed by atoms with Crippen LogP contribution in [0, 0.1) is 5.92 Å². The zero-order valence-electron chi connectivity index (χ0n) is 18.9. The molecule has 0 unspecified atom stereocenters. The number of aromatic nitrogens is 1. The minimum Gasteiger partial charge on any atom is -0.481 e. The predicted octanol–water partition coefficient (Wildman–Crippen LogP) is 4.26. The highest BCUT2D eigenvalue weighted by molar-refractivity contribution is 5.92. The zero-order chi connectivity index (χ0) is 22.8. The number of carboxylic acids is 1. The zero-order valence-corrected chi connectivity index (χ0v) is 18.9. The summed E-state index contributed by atoms with van der Waals surface area (Å²) in [7, 11) is 0. The van der Waals surface area contributed by atoms with E-state index in [1.54, 1.807) is 0 Å².